The van der Waals surface area contributed by atoms with Crippen molar-refractivity contribution >= 4 is 22.8 Å². The molecule has 2 aromatic rings. The van der Waals surface area contributed by atoms with Crippen molar-refractivity contribution in [1.29, 1.82) is 0 Å². The van der Waals surface area contributed by atoms with Crippen molar-refractivity contribution in [1.82, 2.24) is 14.4 Å². The smallest absolute Gasteiger partial charge is 0.311 e. The van der Waals surface area contributed by atoms with Gasteiger partial charge in [0, 0.05) is 30.8 Å². The van der Waals surface area contributed by atoms with Gasteiger partial charge < -0.3 is 19.5 Å². The molecule has 138 valence electrons. The van der Waals surface area contributed by atoms with Crippen molar-refractivity contribution in [3.05, 3.63) is 36.5 Å². The molecule has 1 N–H and O–H groups in total. The van der Waals surface area contributed by atoms with Crippen molar-refractivity contribution in [2.75, 3.05) is 26.7 Å². The van der Waals surface area contributed by atoms with E-state index in [1.54, 1.807) is 0 Å². The molecule has 4 rings (SSSR count). The Bertz CT molecular complexity index is 846. The van der Waals surface area contributed by atoms with Gasteiger partial charge in [0.25, 0.3) is 0 Å². The van der Waals surface area contributed by atoms with Crippen molar-refractivity contribution in [2.45, 2.75) is 31.8 Å². The summed E-state index contributed by atoms with van der Waals surface area (Å²) in [6.45, 7) is 2.21. The van der Waals surface area contributed by atoms with Gasteiger partial charge in [-0.1, -0.05) is 18.2 Å². The summed E-state index contributed by atoms with van der Waals surface area (Å²) < 4.78 is 1.97. The Morgan fingerprint density at radius 3 is 2.81 bits per heavy atom. The molecular formula is C20H25N3O3. The number of likely N-dealkylation sites (tertiary alicyclic amines) is 2. The number of fused-ring (bicyclic) bond motifs is 2. The van der Waals surface area contributed by atoms with Crippen LogP contribution < -0.4 is 0 Å². The summed E-state index contributed by atoms with van der Waals surface area (Å²) in [4.78, 5) is 28.9. The Kier molecular flexibility index (Phi) is 4.23. The van der Waals surface area contributed by atoms with Crippen LogP contribution in [0.25, 0.3) is 10.9 Å². The normalized spacial score (nSPS) is 26.7. The fraction of sp³-hybridized carbons (Fsp3) is 0.500. The maximum atomic E-state index is 12.9. The predicted molar refractivity (Wildman–Crippen MR) is 98.9 cm³/mol. The number of hydrogen-bond donors (Lipinski definition) is 1. The number of carboxylic acids is 1. The van der Waals surface area contributed by atoms with Gasteiger partial charge in [0.15, 0.2) is 0 Å². The van der Waals surface area contributed by atoms with Crippen LogP contribution in [0.5, 0.6) is 0 Å². The zero-order valence-corrected chi connectivity index (χ0v) is 15.1. The first-order valence-electron chi connectivity index (χ1n) is 9.26. The van der Waals surface area contributed by atoms with Gasteiger partial charge in [0.05, 0.1) is 5.41 Å². The van der Waals surface area contributed by atoms with E-state index < -0.39 is 11.4 Å². The van der Waals surface area contributed by atoms with E-state index in [9.17, 15) is 14.7 Å². The molecule has 2 aliphatic heterocycles. The minimum absolute atomic E-state index is 0.0596. The van der Waals surface area contributed by atoms with Crippen LogP contribution in [0.3, 0.4) is 0 Å². The van der Waals surface area contributed by atoms with E-state index in [4.69, 9.17) is 0 Å². The van der Waals surface area contributed by atoms with Gasteiger partial charge in [-0.3, -0.25) is 9.59 Å². The average Bonchev–Trinajstić information content (AvgIpc) is 3.04. The lowest BCUT2D eigenvalue weighted by atomic mass is 9.68. The molecule has 1 aromatic heterocycles. The highest BCUT2D eigenvalue weighted by Crippen LogP contribution is 2.42. The molecular weight excluding hydrogens is 330 g/mol. The quantitative estimate of drug-likeness (QED) is 0.915. The first-order valence-corrected chi connectivity index (χ1v) is 9.26. The summed E-state index contributed by atoms with van der Waals surface area (Å²) >= 11 is 0. The molecule has 0 bridgehead atoms. The molecule has 2 fully saturated rings. The van der Waals surface area contributed by atoms with E-state index in [0.29, 0.717) is 32.5 Å². The molecule has 1 aromatic carbocycles. The number of benzene rings is 1. The lowest BCUT2D eigenvalue weighted by Gasteiger charge is -2.51. The summed E-state index contributed by atoms with van der Waals surface area (Å²) in [5.74, 6) is -0.651. The number of carbonyl (C=O) groups excluding carboxylic acids is 1. The molecule has 6 heteroatoms. The van der Waals surface area contributed by atoms with E-state index in [1.807, 2.05) is 53.0 Å². The van der Waals surface area contributed by atoms with Crippen LogP contribution in [-0.4, -0.2) is 64.1 Å². The number of amides is 1. The first kappa shape index (κ1) is 17.1. The number of carboxylic acid groups (broad SMARTS) is 1. The molecule has 26 heavy (non-hydrogen) atoms. The monoisotopic (exact) mass is 355 g/mol. The SMILES string of the molecule is CN1CCC[C@]2(C(=O)O)CCN(C(=O)Cn3ccc4ccccc43)C[C@@H]12. The molecule has 0 saturated carbocycles. The second kappa shape index (κ2) is 6.43. The minimum atomic E-state index is -0.711. The summed E-state index contributed by atoms with van der Waals surface area (Å²) in [5, 5.41) is 11.0. The van der Waals surface area contributed by atoms with Gasteiger partial charge >= 0.3 is 5.97 Å². The maximum Gasteiger partial charge on any atom is 0.311 e. The standard InChI is InChI=1S/C20H25N3O3/c1-21-10-4-8-20(19(25)26)9-12-23(13-17(20)21)18(24)14-22-11-7-15-5-2-3-6-16(15)22/h2-3,5-7,11,17H,4,8-10,12-14H2,1H3,(H,25,26)/t17-,20+/m1/s1. The highest BCUT2D eigenvalue weighted by Gasteiger charge is 2.52. The number of likely N-dealkylation sites (N-methyl/N-ethyl adjacent to an activating group) is 1. The third kappa shape index (κ3) is 2.69. The molecule has 0 unspecified atom stereocenters. The van der Waals surface area contributed by atoms with Crippen molar-refractivity contribution in [3.63, 3.8) is 0 Å². The van der Waals surface area contributed by atoms with E-state index >= 15 is 0 Å². The number of aliphatic carboxylic acids is 1. The molecule has 6 nitrogen and oxygen atoms in total. The van der Waals surface area contributed by atoms with E-state index in [1.165, 1.54) is 0 Å². The molecule has 2 atom stereocenters. The fourth-order valence-corrected chi connectivity index (χ4v) is 4.74. The minimum Gasteiger partial charge on any atom is -0.481 e. The van der Waals surface area contributed by atoms with Gasteiger partial charge in [-0.05, 0) is 50.4 Å². The largest absolute Gasteiger partial charge is 0.481 e. The van der Waals surface area contributed by atoms with Crippen LogP contribution in [-0.2, 0) is 16.1 Å². The Hall–Kier alpha value is -2.34. The topological polar surface area (TPSA) is 65.8 Å². The number of para-hydroxylation sites is 1. The van der Waals surface area contributed by atoms with E-state index in [0.717, 1.165) is 23.9 Å². The molecule has 2 aliphatic rings. The van der Waals surface area contributed by atoms with Gasteiger partial charge in [0.2, 0.25) is 5.91 Å². The Morgan fingerprint density at radius 2 is 2.00 bits per heavy atom. The second-order valence-corrected chi connectivity index (χ2v) is 7.65. The van der Waals surface area contributed by atoms with Gasteiger partial charge in [-0.25, -0.2) is 0 Å². The van der Waals surface area contributed by atoms with Crippen LogP contribution in [0.15, 0.2) is 36.5 Å². The van der Waals surface area contributed by atoms with Crippen molar-refractivity contribution in [2.24, 2.45) is 5.41 Å². The number of piperidine rings is 2. The predicted octanol–water partition coefficient (Wildman–Crippen LogP) is 2.04. The average molecular weight is 355 g/mol. The van der Waals surface area contributed by atoms with Gasteiger partial charge in [-0.2, -0.15) is 0 Å². The lowest BCUT2D eigenvalue weighted by Crippen LogP contribution is -2.63. The third-order valence-corrected chi connectivity index (χ3v) is 6.29. The number of carbonyl (C=O) groups is 2. The summed E-state index contributed by atoms with van der Waals surface area (Å²) in [7, 11) is 1.98. The third-order valence-electron chi connectivity index (χ3n) is 6.29. The molecule has 2 saturated heterocycles. The van der Waals surface area contributed by atoms with Crippen molar-refractivity contribution in [3.8, 4) is 0 Å². The molecule has 0 aliphatic carbocycles. The highest BCUT2D eigenvalue weighted by molar-refractivity contribution is 5.84. The Balaban J connectivity index is 1.52. The van der Waals surface area contributed by atoms with Gasteiger partial charge in [-0.15, -0.1) is 0 Å². The zero-order chi connectivity index (χ0) is 18.3. The number of nitrogens with zero attached hydrogens (tertiary/aromatic N) is 3. The van der Waals surface area contributed by atoms with Crippen LogP contribution in [0.1, 0.15) is 19.3 Å². The Morgan fingerprint density at radius 1 is 1.19 bits per heavy atom. The summed E-state index contributed by atoms with van der Waals surface area (Å²) in [6, 6.07) is 9.93. The molecule has 1 amide bonds. The number of hydrogen-bond acceptors (Lipinski definition) is 3. The highest BCUT2D eigenvalue weighted by atomic mass is 16.4. The van der Waals surface area contributed by atoms with Crippen LogP contribution in [0.4, 0.5) is 0 Å². The van der Waals surface area contributed by atoms with Gasteiger partial charge in [0.1, 0.15) is 6.54 Å². The van der Waals surface area contributed by atoms with Crippen LogP contribution in [0.2, 0.25) is 0 Å². The molecule has 0 spiro atoms. The Labute approximate surface area is 153 Å². The lowest BCUT2D eigenvalue weighted by molar-refractivity contribution is -0.165. The maximum absolute atomic E-state index is 12.9. The van der Waals surface area contributed by atoms with Crippen molar-refractivity contribution < 1.29 is 14.7 Å². The number of rotatable bonds is 3. The fourth-order valence-electron chi connectivity index (χ4n) is 4.74. The summed E-state index contributed by atoms with van der Waals surface area (Å²) in [6.07, 6.45) is 4.10. The zero-order valence-electron chi connectivity index (χ0n) is 15.1. The van der Waals surface area contributed by atoms with E-state index in [-0.39, 0.29) is 11.9 Å². The summed E-state index contributed by atoms with van der Waals surface area (Å²) in [5.41, 5.74) is 0.344. The molecule has 0 radical (unpaired) electrons. The van der Waals surface area contributed by atoms with E-state index in [2.05, 4.69) is 4.90 Å². The second-order valence-electron chi connectivity index (χ2n) is 7.65. The first-order chi connectivity index (χ1) is 12.5. The number of aromatic nitrogens is 1. The van der Waals surface area contributed by atoms with Crippen LogP contribution >= 0.6 is 0 Å². The van der Waals surface area contributed by atoms with Crippen LogP contribution in [0, 0.1) is 5.41 Å². The molecule has 3 heterocycles.